The first-order valence-electron chi connectivity index (χ1n) is 12.4. The molecule has 1 aliphatic heterocycles. The van der Waals surface area contributed by atoms with Crippen LogP contribution in [0.1, 0.15) is 84.5 Å². The molecule has 0 bridgehead atoms. The summed E-state index contributed by atoms with van der Waals surface area (Å²) in [6.07, 6.45) is 1.08. The lowest BCUT2D eigenvalue weighted by molar-refractivity contribution is 0.192. The molecule has 1 N–H and O–H groups in total. The van der Waals surface area contributed by atoms with Crippen LogP contribution in [0, 0.1) is 29.1 Å². The fourth-order valence-electron chi connectivity index (χ4n) is 5.18. The van der Waals surface area contributed by atoms with Crippen LogP contribution in [-0.2, 0) is 11.3 Å². The van der Waals surface area contributed by atoms with Gasteiger partial charge in [0.25, 0.3) is 0 Å². The molecule has 8 heteroatoms. The van der Waals surface area contributed by atoms with Gasteiger partial charge in [-0.3, -0.25) is 0 Å². The van der Waals surface area contributed by atoms with Gasteiger partial charge < -0.3 is 14.6 Å². The molecule has 37 heavy (non-hydrogen) atoms. The normalized spacial score (nSPS) is 22.1. The van der Waals surface area contributed by atoms with E-state index in [9.17, 15) is 27.1 Å². The van der Waals surface area contributed by atoms with E-state index in [-0.39, 0.29) is 40.9 Å². The van der Waals surface area contributed by atoms with Gasteiger partial charge in [0.05, 0.1) is 12.7 Å². The van der Waals surface area contributed by atoms with Crippen LogP contribution in [0.2, 0.25) is 0 Å². The molecule has 2 atom stereocenters. The predicted molar refractivity (Wildman–Crippen MR) is 127 cm³/mol. The summed E-state index contributed by atoms with van der Waals surface area (Å²) in [7, 11) is 0. The summed E-state index contributed by atoms with van der Waals surface area (Å²) in [4.78, 5) is 0. The van der Waals surface area contributed by atoms with E-state index in [1.165, 1.54) is 31.2 Å². The van der Waals surface area contributed by atoms with E-state index in [0.29, 0.717) is 37.9 Å². The number of aliphatic hydroxyl groups excluding tert-OH is 1. The molecule has 1 saturated carbocycles. The molecule has 2 aliphatic rings. The fraction of sp³-hybridized carbons (Fsp3) is 0.379. The number of hydrogen-bond acceptors (Lipinski definition) is 3. The van der Waals surface area contributed by atoms with Gasteiger partial charge in [-0.15, -0.1) is 0 Å². The zero-order valence-corrected chi connectivity index (χ0v) is 20.2. The fourth-order valence-corrected chi connectivity index (χ4v) is 5.18. The van der Waals surface area contributed by atoms with Crippen molar-refractivity contribution in [2.75, 3.05) is 6.61 Å². The molecule has 0 spiro atoms. The average molecular weight is 519 g/mol. The van der Waals surface area contributed by atoms with Crippen LogP contribution in [0.15, 0.2) is 42.5 Å². The predicted octanol–water partition coefficient (Wildman–Crippen LogP) is 7.53. The molecule has 3 aromatic carbocycles. The Morgan fingerprint density at radius 3 is 2.14 bits per heavy atom. The van der Waals surface area contributed by atoms with E-state index in [1.54, 1.807) is 18.2 Å². The third-order valence-electron chi connectivity index (χ3n) is 7.45. The maximum absolute atomic E-state index is 14.8. The molecule has 0 aromatic heterocycles. The minimum absolute atomic E-state index is 0.0628. The van der Waals surface area contributed by atoms with Crippen molar-refractivity contribution in [1.82, 2.24) is 0 Å². The van der Waals surface area contributed by atoms with E-state index in [1.807, 2.05) is 0 Å². The second kappa shape index (κ2) is 10.4. The molecular weight excluding hydrogens is 491 g/mol. The Morgan fingerprint density at radius 1 is 0.838 bits per heavy atom. The van der Waals surface area contributed by atoms with Gasteiger partial charge in [-0.25, -0.2) is 17.6 Å². The van der Waals surface area contributed by atoms with E-state index in [0.717, 1.165) is 5.56 Å². The van der Waals surface area contributed by atoms with Gasteiger partial charge in [0.15, 0.2) is 23.2 Å². The van der Waals surface area contributed by atoms with Gasteiger partial charge in [-0.1, -0.05) is 24.3 Å². The lowest BCUT2D eigenvalue weighted by Crippen LogP contribution is -2.15. The Labute approximate surface area is 211 Å². The first-order valence-corrected chi connectivity index (χ1v) is 12.4. The first-order chi connectivity index (χ1) is 17.7. The summed E-state index contributed by atoms with van der Waals surface area (Å²) in [5.74, 6) is -4.96. The Balaban J connectivity index is 1.21. The van der Waals surface area contributed by atoms with Crippen molar-refractivity contribution >= 4 is 0 Å². The minimum atomic E-state index is -1.13. The summed E-state index contributed by atoms with van der Waals surface area (Å²) in [6, 6.07) is 10.5. The molecule has 3 aromatic rings. The number of halogens is 5. The van der Waals surface area contributed by atoms with Crippen molar-refractivity contribution in [3.8, 4) is 5.75 Å². The monoisotopic (exact) mass is 518 g/mol. The molecule has 0 radical (unpaired) electrons. The Hall–Kier alpha value is -2.97. The molecule has 2 unspecified atom stereocenters. The maximum atomic E-state index is 14.8. The van der Waals surface area contributed by atoms with Crippen molar-refractivity contribution in [2.45, 2.75) is 63.3 Å². The van der Waals surface area contributed by atoms with Crippen LogP contribution in [-0.4, -0.2) is 11.7 Å². The van der Waals surface area contributed by atoms with Crippen LogP contribution in [0.5, 0.6) is 5.75 Å². The number of epoxide rings is 1. The highest BCUT2D eigenvalue weighted by Crippen LogP contribution is 2.42. The maximum Gasteiger partial charge on any atom is 0.201 e. The van der Waals surface area contributed by atoms with E-state index < -0.39 is 41.3 Å². The van der Waals surface area contributed by atoms with Crippen LogP contribution in [0.25, 0.3) is 0 Å². The summed E-state index contributed by atoms with van der Waals surface area (Å²) in [6.45, 7) is 1.48. The van der Waals surface area contributed by atoms with Gasteiger partial charge in [0, 0.05) is 16.7 Å². The summed E-state index contributed by atoms with van der Waals surface area (Å²) < 4.78 is 82.6. The van der Waals surface area contributed by atoms with Crippen molar-refractivity contribution in [1.29, 1.82) is 0 Å². The van der Waals surface area contributed by atoms with Crippen LogP contribution in [0.4, 0.5) is 22.0 Å². The van der Waals surface area contributed by atoms with E-state index in [4.69, 9.17) is 9.47 Å². The Morgan fingerprint density at radius 2 is 1.49 bits per heavy atom. The minimum Gasteiger partial charge on any atom is -0.486 e. The summed E-state index contributed by atoms with van der Waals surface area (Å²) in [5, 5.41) is 9.60. The smallest absolute Gasteiger partial charge is 0.201 e. The van der Waals surface area contributed by atoms with Crippen LogP contribution in [0.3, 0.4) is 0 Å². The topological polar surface area (TPSA) is 42.0 Å². The van der Waals surface area contributed by atoms with Gasteiger partial charge in [-0.05, 0) is 73.8 Å². The van der Waals surface area contributed by atoms with Crippen molar-refractivity contribution in [3.63, 3.8) is 0 Å². The molecular formula is C29H27F5O3. The lowest BCUT2D eigenvalue weighted by atomic mass is 9.75. The molecule has 1 saturated heterocycles. The first kappa shape index (κ1) is 25.7. The second-order valence-electron chi connectivity index (χ2n) is 9.84. The quantitative estimate of drug-likeness (QED) is 0.260. The lowest BCUT2D eigenvalue weighted by Gasteiger charge is -2.29. The molecule has 5 rings (SSSR count). The number of aliphatic hydroxyl groups is 1. The largest absolute Gasteiger partial charge is 0.486 e. The van der Waals surface area contributed by atoms with Gasteiger partial charge in [-0.2, -0.15) is 4.39 Å². The molecule has 3 nitrogen and oxygen atoms in total. The van der Waals surface area contributed by atoms with E-state index in [2.05, 4.69) is 0 Å². The number of rotatable bonds is 7. The second-order valence-corrected chi connectivity index (χ2v) is 9.84. The molecule has 0 amide bonds. The zero-order valence-electron chi connectivity index (χ0n) is 20.2. The highest BCUT2D eigenvalue weighted by Gasteiger charge is 2.31. The Kier molecular flexibility index (Phi) is 7.23. The number of hydrogen-bond donors (Lipinski definition) is 1. The zero-order chi connectivity index (χ0) is 26.3. The number of benzene rings is 3. The standard InChI is InChI=1S/C29H27F5O3/c1-15(35)20-8-9-21(27(32)26(20)31)17-4-2-16(3-5-17)18-6-7-19(23(30)12-18)13-36-24-11-10-22(25-14-37-25)28(33)29(24)34/h6-12,15-17,25,35H,2-5,13-14H2,1H3. The SMILES string of the molecule is CC(O)c1ccc(C2CCC(c3ccc(COc4ccc(C5CO5)c(F)c4F)c(F)c3)CC2)c(F)c1F. The molecule has 1 aliphatic carbocycles. The Bertz CT molecular complexity index is 1300. The summed E-state index contributed by atoms with van der Waals surface area (Å²) >= 11 is 0. The molecule has 1 heterocycles. The molecule has 2 fully saturated rings. The van der Waals surface area contributed by atoms with Gasteiger partial charge in [0.1, 0.15) is 18.5 Å². The van der Waals surface area contributed by atoms with Crippen molar-refractivity contribution in [2.24, 2.45) is 0 Å². The third-order valence-corrected chi connectivity index (χ3v) is 7.45. The van der Waals surface area contributed by atoms with Crippen LogP contribution < -0.4 is 4.74 Å². The van der Waals surface area contributed by atoms with Gasteiger partial charge >= 0.3 is 0 Å². The van der Waals surface area contributed by atoms with Crippen LogP contribution >= 0.6 is 0 Å². The molecule has 196 valence electrons. The number of ether oxygens (including phenoxy) is 2. The van der Waals surface area contributed by atoms with Crippen molar-refractivity contribution in [3.05, 3.63) is 99.4 Å². The average Bonchev–Trinajstić information content (AvgIpc) is 3.72. The van der Waals surface area contributed by atoms with Crippen molar-refractivity contribution < 1.29 is 36.5 Å². The highest BCUT2D eigenvalue weighted by atomic mass is 19.2. The third kappa shape index (κ3) is 5.22. The summed E-state index contributed by atoms with van der Waals surface area (Å²) in [5.41, 5.74) is 1.39. The van der Waals surface area contributed by atoms with Gasteiger partial charge in [0.2, 0.25) is 5.82 Å². The van der Waals surface area contributed by atoms with E-state index >= 15 is 0 Å². The highest BCUT2D eigenvalue weighted by molar-refractivity contribution is 5.35.